The number of nitrogens with zero attached hydrogens (tertiary/aromatic N) is 4. The van der Waals surface area contributed by atoms with Crippen LogP contribution in [0.5, 0.6) is 0 Å². The molecule has 0 radical (unpaired) electrons. The number of hydrogen-bond donors (Lipinski definition) is 2. The molecule has 2 aromatic heterocycles. The molecule has 0 spiro atoms. The van der Waals surface area contributed by atoms with E-state index in [1.54, 1.807) is 11.7 Å². The number of aryl methyl sites for hydroxylation is 1. The van der Waals surface area contributed by atoms with Crippen LogP contribution in [0.2, 0.25) is 0 Å². The summed E-state index contributed by atoms with van der Waals surface area (Å²) in [6, 6.07) is 2.23. The van der Waals surface area contributed by atoms with Gasteiger partial charge in [0.15, 0.2) is 5.82 Å². The maximum atomic E-state index is 14.2. The van der Waals surface area contributed by atoms with Crippen LogP contribution in [0.3, 0.4) is 0 Å². The Hall–Kier alpha value is -2.99. The van der Waals surface area contributed by atoms with Crippen molar-refractivity contribution in [3.63, 3.8) is 0 Å². The van der Waals surface area contributed by atoms with Crippen molar-refractivity contribution in [2.24, 2.45) is 12.8 Å². The summed E-state index contributed by atoms with van der Waals surface area (Å²) in [6.07, 6.45) is -0.441. The molecule has 4 rings (SSSR count). The molecule has 1 aliphatic rings. The number of aromatic nitrogens is 3. The summed E-state index contributed by atoms with van der Waals surface area (Å²) in [6.45, 7) is 1.49. The van der Waals surface area contributed by atoms with Gasteiger partial charge in [-0.1, -0.05) is 0 Å². The van der Waals surface area contributed by atoms with Crippen molar-refractivity contribution >= 4 is 28.7 Å². The summed E-state index contributed by atoms with van der Waals surface area (Å²) in [7, 11) is 1.77. The van der Waals surface area contributed by atoms with E-state index in [4.69, 9.17) is 5.73 Å². The first-order valence-corrected chi connectivity index (χ1v) is 11.2. The van der Waals surface area contributed by atoms with Crippen LogP contribution in [-0.4, -0.2) is 39.8 Å². The van der Waals surface area contributed by atoms with Gasteiger partial charge in [0.1, 0.15) is 22.2 Å². The van der Waals surface area contributed by atoms with E-state index in [0.717, 1.165) is 55.6 Å². The van der Waals surface area contributed by atoms with E-state index in [-0.39, 0.29) is 22.3 Å². The molecule has 1 saturated heterocycles. The molecule has 0 saturated carbocycles. The first kappa shape index (κ1) is 23.2. The quantitative estimate of drug-likeness (QED) is 0.542. The number of thiazole rings is 1. The number of hydrogen-bond acceptors (Lipinski definition) is 6. The van der Waals surface area contributed by atoms with Gasteiger partial charge in [0.2, 0.25) is 0 Å². The molecule has 3 N–H and O–H groups in total. The average molecular weight is 483 g/mol. The molecule has 1 unspecified atom stereocenters. The van der Waals surface area contributed by atoms with Gasteiger partial charge in [-0.25, -0.2) is 9.37 Å². The van der Waals surface area contributed by atoms with Crippen LogP contribution in [-0.2, 0) is 13.2 Å². The van der Waals surface area contributed by atoms with Gasteiger partial charge in [0.25, 0.3) is 5.91 Å². The van der Waals surface area contributed by atoms with Gasteiger partial charge in [0, 0.05) is 37.1 Å². The fourth-order valence-corrected chi connectivity index (χ4v) is 4.60. The fourth-order valence-electron chi connectivity index (χ4n) is 3.78. The summed E-state index contributed by atoms with van der Waals surface area (Å²) in [5.41, 5.74) is 5.22. The van der Waals surface area contributed by atoms with E-state index in [1.165, 1.54) is 11.6 Å². The van der Waals surface area contributed by atoms with Crippen molar-refractivity contribution in [1.29, 1.82) is 0 Å². The number of carbonyl (C=O) groups excluding carboxylic acids is 1. The van der Waals surface area contributed by atoms with Crippen LogP contribution in [0.15, 0.2) is 29.8 Å². The van der Waals surface area contributed by atoms with Gasteiger partial charge in [-0.3, -0.25) is 9.48 Å². The van der Waals surface area contributed by atoms with E-state index >= 15 is 0 Å². The number of amides is 1. The molecule has 1 amide bonds. The molecule has 1 aliphatic heterocycles. The van der Waals surface area contributed by atoms with Crippen LogP contribution >= 0.6 is 11.3 Å². The Morgan fingerprint density at radius 2 is 2.06 bits per heavy atom. The van der Waals surface area contributed by atoms with E-state index in [0.29, 0.717) is 17.8 Å². The van der Waals surface area contributed by atoms with Gasteiger partial charge in [0.05, 0.1) is 11.8 Å². The summed E-state index contributed by atoms with van der Waals surface area (Å²) in [5.74, 6) is -0.680. The molecule has 3 heterocycles. The highest BCUT2D eigenvalue weighted by atomic mass is 32.1. The number of nitrogens with one attached hydrogen (secondary N) is 1. The van der Waals surface area contributed by atoms with Gasteiger partial charge >= 0.3 is 6.18 Å². The second-order valence-corrected chi connectivity index (χ2v) is 8.73. The fraction of sp³-hybridized carbons (Fsp3) is 0.381. The highest BCUT2D eigenvalue weighted by Crippen LogP contribution is 2.35. The standard InChI is InChI=1S/C21H22F4N6OS/c1-30-20(31-7-2-3-13(26)6-8-31)16(10-27-30)28-18(32)17-11-33-19(29-17)14-9-12(21(23,24)25)4-5-15(14)22/h4-5,9-11,13H,2-3,6-8,26H2,1H3,(H,28,32). The first-order chi connectivity index (χ1) is 15.6. The molecule has 176 valence electrons. The monoisotopic (exact) mass is 482 g/mol. The Bertz CT molecular complexity index is 1160. The Kier molecular flexibility index (Phi) is 6.39. The van der Waals surface area contributed by atoms with Crippen molar-refractivity contribution in [3.8, 4) is 10.6 Å². The van der Waals surface area contributed by atoms with Gasteiger partial charge in [-0.05, 0) is 37.5 Å². The zero-order chi connectivity index (χ0) is 23.8. The lowest BCUT2D eigenvalue weighted by Crippen LogP contribution is -2.29. The summed E-state index contributed by atoms with van der Waals surface area (Å²) >= 11 is 0.891. The highest BCUT2D eigenvalue weighted by molar-refractivity contribution is 7.13. The van der Waals surface area contributed by atoms with Gasteiger partial charge in [-0.2, -0.15) is 18.3 Å². The third kappa shape index (κ3) is 5.01. The molecule has 33 heavy (non-hydrogen) atoms. The smallest absolute Gasteiger partial charge is 0.355 e. The summed E-state index contributed by atoms with van der Waals surface area (Å²) in [4.78, 5) is 19.0. The molecule has 12 heteroatoms. The third-order valence-electron chi connectivity index (χ3n) is 5.49. The minimum absolute atomic E-state index is 0.0170. The maximum absolute atomic E-state index is 14.2. The molecule has 7 nitrogen and oxygen atoms in total. The molecule has 1 fully saturated rings. The second-order valence-electron chi connectivity index (χ2n) is 7.87. The SMILES string of the molecule is Cn1ncc(NC(=O)c2csc(-c3cc(C(F)(F)F)ccc3F)n2)c1N1CCCC(N)CC1. The number of rotatable bonds is 4. The van der Waals surface area contributed by atoms with E-state index in [1.807, 2.05) is 0 Å². The van der Waals surface area contributed by atoms with Crippen molar-refractivity contribution in [2.75, 3.05) is 23.3 Å². The van der Waals surface area contributed by atoms with Crippen LogP contribution in [0, 0.1) is 5.82 Å². The zero-order valence-corrected chi connectivity index (χ0v) is 18.5. The average Bonchev–Trinajstić information content (AvgIpc) is 3.31. The van der Waals surface area contributed by atoms with Crippen molar-refractivity contribution in [3.05, 3.63) is 46.9 Å². The Morgan fingerprint density at radius 3 is 2.82 bits per heavy atom. The van der Waals surface area contributed by atoms with Crippen molar-refractivity contribution < 1.29 is 22.4 Å². The predicted molar refractivity (Wildman–Crippen MR) is 118 cm³/mol. The lowest BCUT2D eigenvalue weighted by molar-refractivity contribution is -0.137. The summed E-state index contributed by atoms with van der Waals surface area (Å²) < 4.78 is 54.9. The molecule has 0 bridgehead atoms. The second kappa shape index (κ2) is 9.10. The Labute approximate surface area is 191 Å². The number of halogens is 4. The maximum Gasteiger partial charge on any atom is 0.416 e. The number of alkyl halides is 3. The molecular weight excluding hydrogens is 460 g/mol. The lowest BCUT2D eigenvalue weighted by atomic mass is 10.1. The van der Waals surface area contributed by atoms with E-state index in [9.17, 15) is 22.4 Å². The predicted octanol–water partition coefficient (Wildman–Crippen LogP) is 4.27. The van der Waals surface area contributed by atoms with Crippen LogP contribution in [0.1, 0.15) is 35.3 Å². The molecule has 1 atom stereocenters. The van der Waals surface area contributed by atoms with Crippen molar-refractivity contribution in [2.45, 2.75) is 31.5 Å². The largest absolute Gasteiger partial charge is 0.416 e. The van der Waals surface area contributed by atoms with Gasteiger partial charge in [-0.15, -0.1) is 11.3 Å². The molecule has 0 aliphatic carbocycles. The molecular formula is C21H22F4N6OS. The lowest BCUT2D eigenvalue weighted by Gasteiger charge is -2.24. The summed E-state index contributed by atoms with van der Waals surface area (Å²) in [5, 5.41) is 8.37. The number of benzene rings is 1. The molecule has 3 aromatic rings. The van der Waals surface area contributed by atoms with Gasteiger partial charge < -0.3 is 16.0 Å². The zero-order valence-electron chi connectivity index (χ0n) is 17.7. The number of nitrogens with two attached hydrogens (primary N) is 1. The number of carbonyl (C=O) groups is 1. The van der Waals surface area contributed by atoms with Crippen LogP contribution < -0.4 is 16.0 Å². The first-order valence-electron chi connectivity index (χ1n) is 10.3. The van der Waals surface area contributed by atoms with E-state index < -0.39 is 23.5 Å². The van der Waals surface area contributed by atoms with Crippen LogP contribution in [0.4, 0.5) is 29.1 Å². The molecule has 1 aromatic carbocycles. The Balaban J connectivity index is 1.55. The topological polar surface area (TPSA) is 89.1 Å². The minimum Gasteiger partial charge on any atom is -0.355 e. The van der Waals surface area contributed by atoms with Crippen molar-refractivity contribution in [1.82, 2.24) is 14.8 Å². The van der Waals surface area contributed by atoms with Crippen LogP contribution in [0.25, 0.3) is 10.6 Å². The minimum atomic E-state index is -4.62. The third-order valence-corrected chi connectivity index (χ3v) is 6.36. The normalized spacial score (nSPS) is 17.2. The number of anilines is 2. The Morgan fingerprint density at radius 1 is 1.27 bits per heavy atom. The van der Waals surface area contributed by atoms with E-state index in [2.05, 4.69) is 20.3 Å². The highest BCUT2D eigenvalue weighted by Gasteiger charge is 2.31.